The highest BCUT2D eigenvalue weighted by molar-refractivity contribution is 5.85. The molecule has 0 bridgehead atoms. The summed E-state index contributed by atoms with van der Waals surface area (Å²) in [5, 5.41) is 32.4. The molecule has 122 valence electrons. The van der Waals surface area contributed by atoms with Gasteiger partial charge in [-0.15, -0.1) is 24.8 Å². The maximum Gasteiger partial charge on any atom is 0.200 e. The first kappa shape index (κ1) is 20.1. The second-order valence-electron chi connectivity index (χ2n) is 4.96. The smallest absolute Gasteiger partial charge is 0.200 e. The van der Waals surface area contributed by atoms with Crippen molar-refractivity contribution in [3.8, 4) is 17.2 Å². The highest BCUT2D eigenvalue weighted by Crippen LogP contribution is 2.42. The SMILES string of the molecule is CCC[C@@H](c1ccc(O)c(O)c1O)N1CCNCC1.Cl.Cl. The van der Waals surface area contributed by atoms with Gasteiger partial charge in [-0.25, -0.2) is 0 Å². The van der Waals surface area contributed by atoms with Crippen LogP contribution in [0.25, 0.3) is 0 Å². The number of phenolic OH excluding ortho intramolecular Hbond substituents is 3. The quantitative estimate of drug-likeness (QED) is 0.634. The fraction of sp³-hybridized carbons (Fsp3) is 0.571. The Kier molecular flexibility index (Phi) is 8.82. The van der Waals surface area contributed by atoms with Crippen LogP contribution in [0.1, 0.15) is 31.4 Å². The molecule has 0 spiro atoms. The summed E-state index contributed by atoms with van der Waals surface area (Å²) in [5.41, 5.74) is 0.694. The Bertz CT molecular complexity index is 440. The van der Waals surface area contributed by atoms with Crippen LogP contribution in [0.4, 0.5) is 0 Å². The molecule has 1 saturated heterocycles. The van der Waals surface area contributed by atoms with Gasteiger partial charge in [0.2, 0.25) is 5.75 Å². The van der Waals surface area contributed by atoms with Crippen molar-refractivity contribution in [1.82, 2.24) is 10.2 Å². The topological polar surface area (TPSA) is 76.0 Å². The van der Waals surface area contributed by atoms with Crippen LogP contribution in [-0.4, -0.2) is 46.4 Å². The minimum atomic E-state index is -0.422. The van der Waals surface area contributed by atoms with Crippen LogP contribution in [0.15, 0.2) is 12.1 Å². The summed E-state index contributed by atoms with van der Waals surface area (Å²) in [6.45, 7) is 5.82. The second-order valence-corrected chi connectivity index (χ2v) is 4.96. The molecule has 0 radical (unpaired) electrons. The van der Waals surface area contributed by atoms with E-state index in [2.05, 4.69) is 17.1 Å². The minimum Gasteiger partial charge on any atom is -0.504 e. The van der Waals surface area contributed by atoms with Gasteiger partial charge in [-0.1, -0.05) is 13.3 Å². The van der Waals surface area contributed by atoms with Crippen molar-refractivity contribution in [3.05, 3.63) is 17.7 Å². The van der Waals surface area contributed by atoms with Crippen LogP contribution < -0.4 is 5.32 Å². The maximum absolute atomic E-state index is 10.1. The van der Waals surface area contributed by atoms with E-state index in [1.54, 1.807) is 6.07 Å². The normalized spacial score (nSPS) is 16.6. The van der Waals surface area contributed by atoms with Crippen LogP contribution in [0.3, 0.4) is 0 Å². The molecule has 2 rings (SSSR count). The van der Waals surface area contributed by atoms with Crippen LogP contribution in [0.5, 0.6) is 17.2 Å². The molecule has 1 aromatic rings. The first-order chi connectivity index (χ1) is 9.15. The summed E-state index contributed by atoms with van der Waals surface area (Å²) >= 11 is 0. The number of nitrogens with zero attached hydrogens (tertiary/aromatic N) is 1. The molecule has 1 aliphatic heterocycles. The van der Waals surface area contributed by atoms with Crippen LogP contribution in [0, 0.1) is 0 Å². The van der Waals surface area contributed by atoms with Crippen LogP contribution >= 0.6 is 24.8 Å². The number of benzene rings is 1. The van der Waals surface area contributed by atoms with E-state index in [9.17, 15) is 15.3 Å². The summed E-state index contributed by atoms with van der Waals surface area (Å²) in [5.74, 6) is -0.900. The summed E-state index contributed by atoms with van der Waals surface area (Å²) in [6, 6.07) is 3.22. The van der Waals surface area contributed by atoms with Crippen molar-refractivity contribution < 1.29 is 15.3 Å². The molecule has 0 aliphatic carbocycles. The fourth-order valence-electron chi connectivity index (χ4n) is 2.66. The highest BCUT2D eigenvalue weighted by Gasteiger charge is 2.25. The Morgan fingerprint density at radius 3 is 2.29 bits per heavy atom. The Morgan fingerprint density at radius 2 is 1.71 bits per heavy atom. The zero-order valence-corrected chi connectivity index (χ0v) is 13.7. The number of rotatable bonds is 4. The van der Waals surface area contributed by atoms with E-state index in [4.69, 9.17) is 0 Å². The van der Waals surface area contributed by atoms with Gasteiger partial charge in [-0.3, -0.25) is 4.90 Å². The lowest BCUT2D eigenvalue weighted by molar-refractivity contribution is 0.161. The Hall–Kier alpha value is -0.880. The molecule has 0 unspecified atom stereocenters. The number of hydrogen-bond donors (Lipinski definition) is 4. The molecule has 1 aromatic carbocycles. The van der Waals surface area contributed by atoms with Gasteiger partial charge in [-0.05, 0) is 18.6 Å². The monoisotopic (exact) mass is 338 g/mol. The minimum absolute atomic E-state index is 0. The maximum atomic E-state index is 10.1. The third-order valence-corrected chi connectivity index (χ3v) is 3.67. The Morgan fingerprint density at radius 1 is 1.10 bits per heavy atom. The van der Waals surface area contributed by atoms with Gasteiger partial charge in [0.25, 0.3) is 0 Å². The molecule has 1 aliphatic rings. The van der Waals surface area contributed by atoms with E-state index < -0.39 is 5.75 Å². The van der Waals surface area contributed by atoms with E-state index >= 15 is 0 Å². The molecule has 5 nitrogen and oxygen atoms in total. The van der Waals surface area contributed by atoms with Gasteiger partial charge in [0.05, 0.1) is 0 Å². The summed E-state index contributed by atoms with van der Waals surface area (Å²) < 4.78 is 0. The molecule has 0 amide bonds. The molecular formula is C14H24Cl2N2O3. The third-order valence-electron chi connectivity index (χ3n) is 3.67. The molecule has 7 heteroatoms. The van der Waals surface area contributed by atoms with Crippen LogP contribution in [-0.2, 0) is 0 Å². The van der Waals surface area contributed by atoms with Crippen molar-refractivity contribution in [2.24, 2.45) is 0 Å². The summed E-state index contributed by atoms with van der Waals surface area (Å²) in [4.78, 5) is 2.31. The lowest BCUT2D eigenvalue weighted by atomic mass is 9.98. The van der Waals surface area contributed by atoms with Crippen molar-refractivity contribution in [1.29, 1.82) is 0 Å². The van der Waals surface area contributed by atoms with E-state index in [1.807, 2.05) is 0 Å². The predicted octanol–water partition coefficient (Wildman–Crippen LogP) is 2.39. The van der Waals surface area contributed by atoms with E-state index in [0.717, 1.165) is 39.0 Å². The number of hydrogen-bond acceptors (Lipinski definition) is 5. The average Bonchev–Trinajstić information content (AvgIpc) is 2.44. The zero-order chi connectivity index (χ0) is 13.8. The average molecular weight is 339 g/mol. The lowest BCUT2D eigenvalue weighted by Crippen LogP contribution is -2.45. The van der Waals surface area contributed by atoms with Gasteiger partial charge < -0.3 is 20.6 Å². The molecule has 4 N–H and O–H groups in total. The molecule has 1 atom stereocenters. The Labute approximate surface area is 137 Å². The van der Waals surface area contributed by atoms with Crippen molar-refractivity contribution in [2.45, 2.75) is 25.8 Å². The van der Waals surface area contributed by atoms with Gasteiger partial charge in [0.1, 0.15) is 0 Å². The van der Waals surface area contributed by atoms with E-state index in [-0.39, 0.29) is 42.4 Å². The van der Waals surface area contributed by atoms with Gasteiger partial charge in [0, 0.05) is 37.8 Å². The molecule has 21 heavy (non-hydrogen) atoms. The largest absolute Gasteiger partial charge is 0.504 e. The van der Waals surface area contributed by atoms with Crippen molar-refractivity contribution in [3.63, 3.8) is 0 Å². The molecule has 0 aromatic heterocycles. The number of phenols is 3. The van der Waals surface area contributed by atoms with Gasteiger partial charge in [0.15, 0.2) is 11.5 Å². The first-order valence-electron chi connectivity index (χ1n) is 6.83. The fourth-order valence-corrected chi connectivity index (χ4v) is 2.66. The Balaban J connectivity index is 0.00000200. The van der Waals surface area contributed by atoms with Gasteiger partial charge >= 0.3 is 0 Å². The second kappa shape index (κ2) is 9.20. The molecule has 0 saturated carbocycles. The number of nitrogens with one attached hydrogen (secondary N) is 1. The van der Waals surface area contributed by atoms with Crippen molar-refractivity contribution >= 4 is 24.8 Å². The van der Waals surface area contributed by atoms with Crippen molar-refractivity contribution in [2.75, 3.05) is 26.2 Å². The highest BCUT2D eigenvalue weighted by atomic mass is 35.5. The zero-order valence-electron chi connectivity index (χ0n) is 12.1. The molecule has 1 heterocycles. The number of halogens is 2. The summed E-state index contributed by atoms with van der Waals surface area (Å²) in [6.07, 6.45) is 1.91. The van der Waals surface area contributed by atoms with E-state index in [1.165, 1.54) is 6.07 Å². The van der Waals surface area contributed by atoms with E-state index in [0.29, 0.717) is 5.56 Å². The third kappa shape index (κ3) is 4.54. The standard InChI is InChI=1S/C14H22N2O3.2ClH/c1-2-3-11(16-8-6-15-7-9-16)10-4-5-12(17)14(19)13(10)18;;/h4-5,11,15,17-19H,2-3,6-9H2,1H3;2*1H/t11-;;/m0../s1. The predicted molar refractivity (Wildman–Crippen MR) is 88.0 cm³/mol. The molecular weight excluding hydrogens is 315 g/mol. The first-order valence-corrected chi connectivity index (χ1v) is 6.83. The van der Waals surface area contributed by atoms with Crippen LogP contribution in [0.2, 0.25) is 0 Å². The molecule has 1 fully saturated rings. The lowest BCUT2D eigenvalue weighted by Gasteiger charge is -2.35. The number of aromatic hydroxyl groups is 3. The number of piperazine rings is 1. The van der Waals surface area contributed by atoms with Gasteiger partial charge in [-0.2, -0.15) is 0 Å². The summed E-state index contributed by atoms with van der Waals surface area (Å²) in [7, 11) is 0.